The summed E-state index contributed by atoms with van der Waals surface area (Å²) < 4.78 is 0. The van der Waals surface area contributed by atoms with Crippen molar-refractivity contribution in [3.63, 3.8) is 0 Å². The first-order valence-corrected chi connectivity index (χ1v) is 8.85. The van der Waals surface area contributed by atoms with Crippen LogP contribution in [0.4, 0.5) is 0 Å². The smallest absolute Gasteiger partial charge is 0.134 e. The number of hydrogen-bond donors (Lipinski definition) is 0. The average Bonchev–Trinajstić information content (AvgIpc) is 2.69. The standard InChI is InChI=1S/C23H21NO/c25-19-15-20(17-9-3-1-4-10-17)23(22-13-7-8-14-24-22)21(16-19)18-11-5-2-6-12-18/h1-14,20-21,23H,15-16H2/t20-,21+,23?. The maximum atomic E-state index is 12.6. The molecule has 0 spiro atoms. The number of benzene rings is 2. The van der Waals surface area contributed by atoms with Crippen molar-refractivity contribution in [2.45, 2.75) is 30.6 Å². The molecule has 0 bridgehead atoms. The topological polar surface area (TPSA) is 30.0 Å². The number of carbonyl (C=O) groups is 1. The van der Waals surface area contributed by atoms with Gasteiger partial charge in [-0.1, -0.05) is 66.7 Å². The Morgan fingerprint density at radius 3 is 1.68 bits per heavy atom. The van der Waals surface area contributed by atoms with Crippen LogP contribution in [-0.4, -0.2) is 10.8 Å². The monoisotopic (exact) mass is 327 g/mol. The molecule has 25 heavy (non-hydrogen) atoms. The molecule has 2 nitrogen and oxygen atoms in total. The molecule has 0 aliphatic heterocycles. The van der Waals surface area contributed by atoms with E-state index in [1.165, 1.54) is 11.1 Å². The maximum Gasteiger partial charge on any atom is 0.134 e. The minimum absolute atomic E-state index is 0.169. The van der Waals surface area contributed by atoms with E-state index in [1.54, 1.807) is 0 Å². The Morgan fingerprint density at radius 1 is 0.680 bits per heavy atom. The highest BCUT2D eigenvalue weighted by atomic mass is 16.1. The molecule has 1 aromatic heterocycles. The largest absolute Gasteiger partial charge is 0.300 e. The average molecular weight is 327 g/mol. The van der Waals surface area contributed by atoms with Crippen molar-refractivity contribution in [2.75, 3.05) is 0 Å². The number of hydrogen-bond acceptors (Lipinski definition) is 2. The van der Waals surface area contributed by atoms with Gasteiger partial charge in [-0.2, -0.15) is 0 Å². The number of Topliss-reactive ketones (excluding diaryl/α,β-unsaturated/α-hetero) is 1. The lowest BCUT2D eigenvalue weighted by Crippen LogP contribution is -2.29. The molecule has 1 heterocycles. The zero-order chi connectivity index (χ0) is 17.1. The normalized spacial score (nSPS) is 23.4. The van der Waals surface area contributed by atoms with Crippen LogP contribution >= 0.6 is 0 Å². The van der Waals surface area contributed by atoms with Gasteiger partial charge in [0.2, 0.25) is 0 Å². The number of pyridine rings is 1. The lowest BCUT2D eigenvalue weighted by atomic mass is 9.65. The lowest BCUT2D eigenvalue weighted by molar-refractivity contribution is -0.121. The first-order chi connectivity index (χ1) is 12.3. The second kappa shape index (κ2) is 7.02. The summed E-state index contributed by atoms with van der Waals surface area (Å²) in [5.74, 6) is 0.892. The van der Waals surface area contributed by atoms with Crippen LogP contribution in [0.15, 0.2) is 85.1 Å². The van der Waals surface area contributed by atoms with Crippen molar-refractivity contribution in [2.24, 2.45) is 0 Å². The second-order valence-electron chi connectivity index (χ2n) is 6.76. The highest BCUT2D eigenvalue weighted by Gasteiger charge is 2.40. The zero-order valence-corrected chi connectivity index (χ0v) is 14.1. The van der Waals surface area contributed by atoms with Crippen LogP contribution in [0, 0.1) is 0 Å². The fourth-order valence-electron chi connectivity index (χ4n) is 4.14. The van der Waals surface area contributed by atoms with Crippen LogP contribution in [0.2, 0.25) is 0 Å². The van der Waals surface area contributed by atoms with E-state index in [4.69, 9.17) is 0 Å². The molecular formula is C23H21NO. The van der Waals surface area contributed by atoms with Crippen molar-refractivity contribution < 1.29 is 4.79 Å². The summed E-state index contributed by atoms with van der Waals surface area (Å²) in [7, 11) is 0. The predicted molar refractivity (Wildman–Crippen MR) is 99.6 cm³/mol. The first-order valence-electron chi connectivity index (χ1n) is 8.85. The summed E-state index contributed by atoms with van der Waals surface area (Å²) in [5, 5.41) is 0. The molecule has 0 N–H and O–H groups in total. The molecule has 1 aliphatic carbocycles. The minimum atomic E-state index is 0.169. The molecular weight excluding hydrogens is 306 g/mol. The van der Waals surface area contributed by atoms with E-state index in [-0.39, 0.29) is 17.8 Å². The molecule has 1 saturated carbocycles. The molecule has 1 fully saturated rings. The Bertz CT molecular complexity index is 778. The van der Waals surface area contributed by atoms with Gasteiger partial charge in [-0.3, -0.25) is 9.78 Å². The quantitative estimate of drug-likeness (QED) is 0.670. The van der Waals surface area contributed by atoms with Crippen molar-refractivity contribution in [3.05, 3.63) is 102 Å². The van der Waals surface area contributed by atoms with E-state index >= 15 is 0 Å². The number of rotatable bonds is 3. The van der Waals surface area contributed by atoms with E-state index in [0.29, 0.717) is 18.6 Å². The van der Waals surface area contributed by atoms with Gasteiger partial charge in [-0.15, -0.1) is 0 Å². The van der Waals surface area contributed by atoms with Gasteiger partial charge in [-0.05, 0) is 35.1 Å². The highest BCUT2D eigenvalue weighted by Crippen LogP contribution is 2.49. The van der Waals surface area contributed by atoms with E-state index in [2.05, 4.69) is 59.6 Å². The van der Waals surface area contributed by atoms with E-state index < -0.39 is 0 Å². The Balaban J connectivity index is 1.83. The maximum absolute atomic E-state index is 12.6. The van der Waals surface area contributed by atoms with Crippen LogP contribution < -0.4 is 0 Å². The molecule has 4 rings (SSSR count). The van der Waals surface area contributed by atoms with E-state index in [0.717, 1.165) is 5.69 Å². The molecule has 2 heteroatoms. The van der Waals surface area contributed by atoms with Crippen LogP contribution in [0.3, 0.4) is 0 Å². The van der Waals surface area contributed by atoms with Gasteiger partial charge in [-0.25, -0.2) is 0 Å². The zero-order valence-electron chi connectivity index (χ0n) is 14.1. The highest BCUT2D eigenvalue weighted by molar-refractivity contribution is 5.82. The predicted octanol–water partition coefficient (Wildman–Crippen LogP) is 5.10. The summed E-state index contributed by atoms with van der Waals surface area (Å²) in [6.07, 6.45) is 3.04. The molecule has 3 atom stereocenters. The number of carbonyl (C=O) groups excluding carboxylic acids is 1. The van der Waals surface area contributed by atoms with E-state index in [9.17, 15) is 4.79 Å². The van der Waals surface area contributed by atoms with E-state index in [1.807, 2.05) is 30.5 Å². The molecule has 0 saturated heterocycles. The number of nitrogens with zero attached hydrogens (tertiary/aromatic N) is 1. The summed E-state index contributed by atoms with van der Waals surface area (Å²) in [6.45, 7) is 0. The van der Waals surface area contributed by atoms with Gasteiger partial charge < -0.3 is 0 Å². The van der Waals surface area contributed by atoms with Crippen molar-refractivity contribution in [1.82, 2.24) is 4.98 Å². The third kappa shape index (κ3) is 3.25. The van der Waals surface area contributed by atoms with Crippen LogP contribution in [0.5, 0.6) is 0 Å². The third-order valence-electron chi connectivity index (χ3n) is 5.25. The molecule has 0 amide bonds. The van der Waals surface area contributed by atoms with Crippen LogP contribution in [0.25, 0.3) is 0 Å². The van der Waals surface area contributed by atoms with Gasteiger partial charge in [0, 0.05) is 30.7 Å². The number of aromatic nitrogens is 1. The molecule has 1 unspecified atom stereocenters. The van der Waals surface area contributed by atoms with Gasteiger partial charge in [0.15, 0.2) is 0 Å². The molecule has 1 aliphatic rings. The minimum Gasteiger partial charge on any atom is -0.300 e. The molecule has 2 aromatic carbocycles. The van der Waals surface area contributed by atoms with Gasteiger partial charge in [0.1, 0.15) is 5.78 Å². The van der Waals surface area contributed by atoms with Crippen LogP contribution in [0.1, 0.15) is 47.4 Å². The fraction of sp³-hybridized carbons (Fsp3) is 0.217. The van der Waals surface area contributed by atoms with Crippen molar-refractivity contribution in [1.29, 1.82) is 0 Å². The summed E-state index contributed by atoms with van der Waals surface area (Å²) in [4.78, 5) is 17.3. The van der Waals surface area contributed by atoms with Gasteiger partial charge in [0.05, 0.1) is 0 Å². The first kappa shape index (κ1) is 15.8. The Labute approximate surface area is 148 Å². The lowest BCUT2D eigenvalue weighted by Gasteiger charge is -2.38. The summed E-state index contributed by atoms with van der Waals surface area (Å²) >= 11 is 0. The number of ketones is 1. The summed E-state index contributed by atoms with van der Waals surface area (Å²) in [5.41, 5.74) is 3.54. The second-order valence-corrected chi connectivity index (χ2v) is 6.76. The van der Waals surface area contributed by atoms with Gasteiger partial charge in [0.25, 0.3) is 0 Å². The SMILES string of the molecule is O=C1C[C@H](c2ccccc2)C(c2ccccn2)[C@H](c2ccccc2)C1. The van der Waals surface area contributed by atoms with Crippen molar-refractivity contribution >= 4 is 5.78 Å². The molecule has 3 aromatic rings. The third-order valence-corrected chi connectivity index (χ3v) is 5.25. The molecule has 124 valence electrons. The molecule has 0 radical (unpaired) electrons. The summed E-state index contributed by atoms with van der Waals surface area (Å²) in [6, 6.07) is 26.9. The van der Waals surface area contributed by atoms with Gasteiger partial charge >= 0.3 is 0 Å². The Morgan fingerprint density at radius 2 is 1.20 bits per heavy atom. The Kier molecular flexibility index (Phi) is 4.43. The van der Waals surface area contributed by atoms with Crippen LogP contribution in [-0.2, 0) is 4.79 Å². The Hall–Kier alpha value is -2.74. The van der Waals surface area contributed by atoms with Crippen molar-refractivity contribution in [3.8, 4) is 0 Å². The fourth-order valence-corrected chi connectivity index (χ4v) is 4.14.